The lowest BCUT2D eigenvalue weighted by Crippen LogP contribution is -2.08. The first-order chi connectivity index (χ1) is 9.13. The summed E-state index contributed by atoms with van der Waals surface area (Å²) < 4.78 is 0. The molecule has 1 nitrogen and oxygen atoms in total. The Balaban J connectivity index is 1.88. The Morgan fingerprint density at radius 2 is 1.95 bits per heavy atom. The molecule has 1 N–H and O–H groups in total. The van der Waals surface area contributed by atoms with Crippen molar-refractivity contribution in [3.63, 3.8) is 0 Å². The number of rotatable bonds is 2. The molecule has 98 valence electrons. The number of benzene rings is 2. The van der Waals surface area contributed by atoms with Gasteiger partial charge < -0.3 is 5.32 Å². The van der Waals surface area contributed by atoms with Crippen molar-refractivity contribution in [2.45, 2.75) is 32.7 Å². The van der Waals surface area contributed by atoms with Gasteiger partial charge in [-0.05, 0) is 67.1 Å². The number of hydrogen-bond donors (Lipinski definition) is 1. The zero-order chi connectivity index (χ0) is 13.4. The maximum absolute atomic E-state index is 6.06. The number of aryl methyl sites for hydroxylation is 3. The number of anilines is 1. The molecular formula is C17H18ClN. The van der Waals surface area contributed by atoms with Crippen LogP contribution in [0.2, 0.25) is 5.02 Å². The molecule has 0 bridgehead atoms. The monoisotopic (exact) mass is 271 g/mol. The van der Waals surface area contributed by atoms with E-state index >= 15 is 0 Å². The Bertz CT molecular complexity index is 619. The maximum atomic E-state index is 6.06. The Morgan fingerprint density at radius 3 is 2.79 bits per heavy atom. The average Bonchev–Trinajstić information content (AvgIpc) is 2.76. The summed E-state index contributed by atoms with van der Waals surface area (Å²) in [6.07, 6.45) is 2.25. The zero-order valence-corrected chi connectivity index (χ0v) is 12.1. The van der Waals surface area contributed by atoms with Crippen molar-refractivity contribution in [1.29, 1.82) is 0 Å². The minimum atomic E-state index is 0.410. The van der Waals surface area contributed by atoms with Gasteiger partial charge in [0.05, 0.1) is 6.04 Å². The Hall–Kier alpha value is -1.47. The van der Waals surface area contributed by atoms with E-state index in [1.54, 1.807) is 0 Å². The summed E-state index contributed by atoms with van der Waals surface area (Å²) >= 11 is 6.06. The normalized spacial score (nSPS) is 17.3. The predicted octanol–water partition coefficient (Wildman–Crippen LogP) is 5.06. The molecule has 0 heterocycles. The molecular weight excluding hydrogens is 254 g/mol. The highest BCUT2D eigenvalue weighted by Gasteiger charge is 2.22. The SMILES string of the molecule is Cc1ccc(C)c(NC2CCc3cc(Cl)ccc32)c1. The van der Waals surface area contributed by atoms with E-state index in [-0.39, 0.29) is 0 Å². The molecule has 2 aromatic rings. The molecule has 0 saturated carbocycles. The molecule has 3 rings (SSSR count). The van der Waals surface area contributed by atoms with Crippen LogP contribution >= 0.6 is 11.6 Å². The third-order valence-electron chi connectivity index (χ3n) is 3.91. The van der Waals surface area contributed by atoms with Crippen molar-refractivity contribution in [2.24, 2.45) is 0 Å². The van der Waals surface area contributed by atoms with E-state index in [1.807, 2.05) is 6.07 Å². The molecule has 1 atom stereocenters. The summed E-state index contributed by atoms with van der Waals surface area (Å²) in [5.74, 6) is 0. The van der Waals surface area contributed by atoms with Gasteiger partial charge in [-0.25, -0.2) is 0 Å². The van der Waals surface area contributed by atoms with Crippen molar-refractivity contribution in [2.75, 3.05) is 5.32 Å². The lowest BCUT2D eigenvalue weighted by molar-refractivity contribution is 0.761. The van der Waals surface area contributed by atoms with E-state index in [4.69, 9.17) is 11.6 Å². The van der Waals surface area contributed by atoms with Crippen LogP contribution in [0, 0.1) is 13.8 Å². The first kappa shape index (κ1) is 12.6. The third-order valence-corrected chi connectivity index (χ3v) is 4.14. The van der Waals surface area contributed by atoms with Crippen LogP contribution in [0.15, 0.2) is 36.4 Å². The lowest BCUT2D eigenvalue weighted by Gasteiger charge is -2.18. The highest BCUT2D eigenvalue weighted by atomic mass is 35.5. The average molecular weight is 272 g/mol. The van der Waals surface area contributed by atoms with Gasteiger partial charge in [0.1, 0.15) is 0 Å². The molecule has 0 radical (unpaired) electrons. The third kappa shape index (κ3) is 2.48. The van der Waals surface area contributed by atoms with E-state index in [9.17, 15) is 0 Å². The van der Waals surface area contributed by atoms with Crippen LogP contribution in [0.25, 0.3) is 0 Å². The van der Waals surface area contributed by atoms with E-state index in [2.05, 4.69) is 49.5 Å². The van der Waals surface area contributed by atoms with Crippen LogP contribution in [0.5, 0.6) is 0 Å². The van der Waals surface area contributed by atoms with Crippen LogP contribution in [-0.2, 0) is 6.42 Å². The largest absolute Gasteiger partial charge is 0.378 e. The summed E-state index contributed by atoms with van der Waals surface area (Å²) in [5, 5.41) is 4.52. The molecule has 0 saturated heterocycles. The number of fused-ring (bicyclic) bond motifs is 1. The van der Waals surface area contributed by atoms with Crippen LogP contribution in [0.4, 0.5) is 5.69 Å². The van der Waals surface area contributed by atoms with Gasteiger partial charge in [0, 0.05) is 10.7 Å². The summed E-state index contributed by atoms with van der Waals surface area (Å²) in [7, 11) is 0. The topological polar surface area (TPSA) is 12.0 Å². The maximum Gasteiger partial charge on any atom is 0.0519 e. The second kappa shape index (κ2) is 4.90. The first-order valence-corrected chi connectivity index (χ1v) is 7.13. The van der Waals surface area contributed by atoms with Gasteiger partial charge in [-0.1, -0.05) is 29.8 Å². The standard InChI is InChI=1S/C17H18ClN/c1-11-3-4-12(2)17(9-11)19-16-8-5-13-10-14(18)6-7-15(13)16/h3-4,6-7,9-10,16,19H,5,8H2,1-2H3. The lowest BCUT2D eigenvalue weighted by atomic mass is 10.1. The van der Waals surface area contributed by atoms with Crippen LogP contribution < -0.4 is 5.32 Å². The Morgan fingerprint density at radius 1 is 1.11 bits per heavy atom. The van der Waals surface area contributed by atoms with E-state index in [0.717, 1.165) is 17.9 Å². The van der Waals surface area contributed by atoms with Crippen LogP contribution in [-0.4, -0.2) is 0 Å². The predicted molar refractivity (Wildman–Crippen MR) is 82.1 cm³/mol. The van der Waals surface area contributed by atoms with Crippen molar-refractivity contribution >= 4 is 17.3 Å². The van der Waals surface area contributed by atoms with Gasteiger partial charge in [0.15, 0.2) is 0 Å². The van der Waals surface area contributed by atoms with Gasteiger partial charge in [-0.3, -0.25) is 0 Å². The molecule has 0 aromatic heterocycles. The second-order valence-corrected chi connectivity index (χ2v) is 5.83. The van der Waals surface area contributed by atoms with E-state index in [1.165, 1.54) is 27.9 Å². The van der Waals surface area contributed by atoms with Crippen molar-refractivity contribution in [1.82, 2.24) is 0 Å². The smallest absolute Gasteiger partial charge is 0.0519 e. The minimum Gasteiger partial charge on any atom is -0.378 e. The fourth-order valence-electron chi connectivity index (χ4n) is 2.82. The fourth-order valence-corrected chi connectivity index (χ4v) is 3.01. The highest BCUT2D eigenvalue weighted by Crippen LogP contribution is 2.36. The highest BCUT2D eigenvalue weighted by molar-refractivity contribution is 6.30. The van der Waals surface area contributed by atoms with Gasteiger partial charge in [0.25, 0.3) is 0 Å². The van der Waals surface area contributed by atoms with E-state index < -0.39 is 0 Å². The zero-order valence-electron chi connectivity index (χ0n) is 11.3. The summed E-state index contributed by atoms with van der Waals surface area (Å²) in [6.45, 7) is 4.28. The molecule has 0 amide bonds. The first-order valence-electron chi connectivity index (χ1n) is 6.75. The second-order valence-electron chi connectivity index (χ2n) is 5.40. The molecule has 2 aromatic carbocycles. The number of nitrogens with one attached hydrogen (secondary N) is 1. The van der Waals surface area contributed by atoms with Gasteiger partial charge >= 0.3 is 0 Å². The van der Waals surface area contributed by atoms with Crippen molar-refractivity contribution < 1.29 is 0 Å². The Kier molecular flexibility index (Phi) is 3.24. The molecule has 1 aliphatic rings. The van der Waals surface area contributed by atoms with E-state index in [0.29, 0.717) is 6.04 Å². The van der Waals surface area contributed by atoms with Gasteiger partial charge in [-0.2, -0.15) is 0 Å². The molecule has 0 spiro atoms. The van der Waals surface area contributed by atoms with Crippen LogP contribution in [0.3, 0.4) is 0 Å². The quantitative estimate of drug-likeness (QED) is 0.805. The molecule has 0 aliphatic heterocycles. The summed E-state index contributed by atoms with van der Waals surface area (Å²) in [5.41, 5.74) is 6.61. The molecule has 1 unspecified atom stereocenters. The molecule has 2 heteroatoms. The molecule has 0 fully saturated rings. The summed E-state index contributed by atoms with van der Waals surface area (Å²) in [4.78, 5) is 0. The van der Waals surface area contributed by atoms with Gasteiger partial charge in [0.2, 0.25) is 0 Å². The van der Waals surface area contributed by atoms with Crippen LogP contribution in [0.1, 0.15) is 34.7 Å². The van der Waals surface area contributed by atoms with Crippen molar-refractivity contribution in [3.05, 3.63) is 63.7 Å². The number of hydrogen-bond acceptors (Lipinski definition) is 1. The minimum absolute atomic E-state index is 0.410. The molecule has 1 aliphatic carbocycles. The molecule has 19 heavy (non-hydrogen) atoms. The summed E-state index contributed by atoms with van der Waals surface area (Å²) in [6, 6.07) is 13.2. The van der Waals surface area contributed by atoms with Gasteiger partial charge in [-0.15, -0.1) is 0 Å². The Labute approximate surface area is 119 Å². The number of halogens is 1. The fraction of sp³-hybridized carbons (Fsp3) is 0.294. The van der Waals surface area contributed by atoms with Crippen molar-refractivity contribution in [3.8, 4) is 0 Å².